The van der Waals surface area contributed by atoms with E-state index in [4.69, 9.17) is 4.74 Å². The Kier molecular flexibility index (Phi) is 6.22. The van der Waals surface area contributed by atoms with Crippen molar-refractivity contribution in [1.29, 1.82) is 0 Å². The summed E-state index contributed by atoms with van der Waals surface area (Å²) in [5.41, 5.74) is 1.89. The molecule has 0 radical (unpaired) electrons. The topological polar surface area (TPSA) is 46.6 Å². The van der Waals surface area contributed by atoms with E-state index in [1.807, 2.05) is 30.3 Å². The van der Waals surface area contributed by atoms with Crippen molar-refractivity contribution in [1.82, 2.24) is 4.90 Å². The van der Waals surface area contributed by atoms with Crippen LogP contribution in [-0.4, -0.2) is 23.4 Å². The minimum atomic E-state index is -0.723. The maximum atomic E-state index is 13.6. The lowest BCUT2D eigenvalue weighted by Crippen LogP contribution is -2.38. The summed E-state index contributed by atoms with van der Waals surface area (Å²) in [5, 5.41) is 0. The fraction of sp³-hybridized carbons (Fsp3) is 0.217. The second-order valence-corrected chi connectivity index (χ2v) is 6.81. The molecule has 2 aromatic rings. The van der Waals surface area contributed by atoms with Gasteiger partial charge in [0.2, 0.25) is 5.91 Å². The third-order valence-corrected chi connectivity index (χ3v) is 4.84. The van der Waals surface area contributed by atoms with Crippen molar-refractivity contribution >= 4 is 11.9 Å². The number of benzene rings is 2. The van der Waals surface area contributed by atoms with Crippen LogP contribution in [0.25, 0.3) is 0 Å². The molecule has 0 saturated carbocycles. The van der Waals surface area contributed by atoms with Crippen molar-refractivity contribution in [3.8, 4) is 0 Å². The molecule has 0 saturated heterocycles. The summed E-state index contributed by atoms with van der Waals surface area (Å²) in [7, 11) is 0. The third-order valence-electron chi connectivity index (χ3n) is 4.84. The van der Waals surface area contributed by atoms with Gasteiger partial charge >= 0.3 is 5.97 Å². The van der Waals surface area contributed by atoms with Crippen LogP contribution in [0.2, 0.25) is 0 Å². The van der Waals surface area contributed by atoms with E-state index in [2.05, 4.69) is 6.58 Å². The van der Waals surface area contributed by atoms with Crippen LogP contribution in [0.5, 0.6) is 0 Å². The first-order valence-corrected chi connectivity index (χ1v) is 9.19. The monoisotopic (exact) mass is 397 g/mol. The quantitative estimate of drug-likeness (QED) is 0.533. The van der Waals surface area contributed by atoms with E-state index in [0.717, 1.165) is 11.6 Å². The first-order chi connectivity index (χ1) is 13.9. The van der Waals surface area contributed by atoms with E-state index in [-0.39, 0.29) is 25.5 Å². The Morgan fingerprint density at radius 3 is 2.48 bits per heavy atom. The average Bonchev–Trinajstić information content (AvgIpc) is 2.69. The molecule has 6 heteroatoms. The highest BCUT2D eigenvalue weighted by Gasteiger charge is 2.36. The molecule has 1 amide bonds. The number of hydrogen-bond acceptors (Lipinski definition) is 3. The number of amides is 1. The van der Waals surface area contributed by atoms with Gasteiger partial charge in [0.25, 0.3) is 0 Å². The molecule has 1 atom stereocenters. The molecule has 0 fully saturated rings. The summed E-state index contributed by atoms with van der Waals surface area (Å²) in [5.74, 6) is -2.68. The summed E-state index contributed by atoms with van der Waals surface area (Å²) in [6.07, 6.45) is 1.52. The van der Waals surface area contributed by atoms with Crippen molar-refractivity contribution in [2.24, 2.45) is 0 Å². The van der Waals surface area contributed by atoms with Crippen LogP contribution >= 0.6 is 0 Å². The maximum Gasteiger partial charge on any atom is 0.336 e. The minimum Gasteiger partial charge on any atom is -0.458 e. The summed E-state index contributed by atoms with van der Waals surface area (Å²) < 4.78 is 32.4. The lowest BCUT2D eigenvalue weighted by atomic mass is 9.83. The lowest BCUT2D eigenvalue weighted by Gasteiger charge is -2.34. The number of nitrogens with zero attached hydrogens (tertiary/aromatic N) is 1. The van der Waals surface area contributed by atoms with Gasteiger partial charge in [-0.2, -0.15) is 0 Å². The van der Waals surface area contributed by atoms with Crippen LogP contribution in [0, 0.1) is 11.6 Å². The zero-order valence-corrected chi connectivity index (χ0v) is 16.0. The van der Waals surface area contributed by atoms with Gasteiger partial charge in [0.05, 0.1) is 12.1 Å². The van der Waals surface area contributed by atoms with Crippen molar-refractivity contribution in [2.75, 3.05) is 6.61 Å². The molecule has 1 aliphatic heterocycles. The average molecular weight is 397 g/mol. The Hall–Kier alpha value is -3.28. The molecule has 2 aromatic carbocycles. The molecule has 29 heavy (non-hydrogen) atoms. The summed E-state index contributed by atoms with van der Waals surface area (Å²) >= 11 is 0. The van der Waals surface area contributed by atoms with Gasteiger partial charge in [-0.3, -0.25) is 4.79 Å². The molecule has 0 N–H and O–H groups in total. The van der Waals surface area contributed by atoms with E-state index in [9.17, 15) is 18.4 Å². The number of rotatable bonds is 6. The Balaban J connectivity index is 2.02. The molecule has 0 bridgehead atoms. The zero-order chi connectivity index (χ0) is 21.0. The van der Waals surface area contributed by atoms with Gasteiger partial charge in [0.1, 0.15) is 18.2 Å². The second kappa shape index (κ2) is 8.82. The Labute approximate surface area is 168 Å². The summed E-state index contributed by atoms with van der Waals surface area (Å²) in [6.45, 7) is 5.19. The summed E-state index contributed by atoms with van der Waals surface area (Å²) in [4.78, 5) is 27.0. The molecule has 0 aromatic heterocycles. The van der Waals surface area contributed by atoms with Crippen molar-refractivity contribution in [3.05, 3.63) is 95.2 Å². The van der Waals surface area contributed by atoms with Gasteiger partial charge in [-0.15, -0.1) is 0 Å². The van der Waals surface area contributed by atoms with Crippen LogP contribution in [-0.2, 0) is 20.9 Å². The number of carbonyl (C=O) groups is 2. The number of carbonyl (C=O) groups excluding carboxylic acids is 2. The first kappa shape index (κ1) is 20.5. The van der Waals surface area contributed by atoms with Crippen LogP contribution in [0.15, 0.2) is 72.5 Å². The van der Waals surface area contributed by atoms with Crippen LogP contribution < -0.4 is 0 Å². The highest BCUT2D eigenvalue weighted by Crippen LogP contribution is 2.37. The molecular weight excluding hydrogens is 376 g/mol. The molecule has 3 rings (SSSR count). The number of hydrogen-bond donors (Lipinski definition) is 0. The first-order valence-electron chi connectivity index (χ1n) is 9.19. The smallest absolute Gasteiger partial charge is 0.336 e. The SMILES string of the molecule is C=CCOC(=O)C1=C(C)N(Cc2cc(F)cc(F)c2)C(=O)C[C@H]1c1ccccc1. The number of allylic oxidation sites excluding steroid dienone is 1. The summed E-state index contributed by atoms with van der Waals surface area (Å²) in [6, 6.07) is 12.3. The van der Waals surface area contributed by atoms with E-state index in [1.165, 1.54) is 23.1 Å². The number of halogens is 2. The maximum absolute atomic E-state index is 13.6. The predicted octanol–water partition coefficient (Wildman–Crippen LogP) is 4.48. The van der Waals surface area contributed by atoms with Crippen molar-refractivity contribution in [2.45, 2.75) is 25.8 Å². The van der Waals surface area contributed by atoms with Crippen LogP contribution in [0.4, 0.5) is 8.78 Å². The molecular formula is C23H21F2NO3. The van der Waals surface area contributed by atoms with Gasteiger partial charge in [-0.25, -0.2) is 13.6 Å². The predicted molar refractivity (Wildman–Crippen MR) is 105 cm³/mol. The molecule has 1 aliphatic rings. The molecule has 0 spiro atoms. The number of ether oxygens (including phenoxy) is 1. The lowest BCUT2D eigenvalue weighted by molar-refractivity contribution is -0.139. The van der Waals surface area contributed by atoms with Gasteiger partial charge in [-0.05, 0) is 30.2 Å². The Morgan fingerprint density at radius 2 is 1.86 bits per heavy atom. The highest BCUT2D eigenvalue weighted by molar-refractivity contribution is 5.95. The van der Waals surface area contributed by atoms with E-state index < -0.39 is 23.5 Å². The third kappa shape index (κ3) is 4.59. The fourth-order valence-electron chi connectivity index (χ4n) is 3.54. The highest BCUT2D eigenvalue weighted by atomic mass is 19.1. The Morgan fingerprint density at radius 1 is 1.21 bits per heavy atom. The van der Waals surface area contributed by atoms with Crippen LogP contribution in [0.1, 0.15) is 30.4 Å². The normalized spacial score (nSPS) is 16.7. The fourth-order valence-corrected chi connectivity index (χ4v) is 3.54. The van der Waals surface area contributed by atoms with Gasteiger partial charge < -0.3 is 9.64 Å². The van der Waals surface area contributed by atoms with E-state index in [0.29, 0.717) is 16.8 Å². The number of esters is 1. The molecule has 0 unspecified atom stereocenters. The largest absolute Gasteiger partial charge is 0.458 e. The molecule has 4 nitrogen and oxygen atoms in total. The molecule has 150 valence electrons. The van der Waals surface area contributed by atoms with Crippen molar-refractivity contribution < 1.29 is 23.1 Å². The minimum absolute atomic E-state index is 0.0418. The van der Waals surface area contributed by atoms with E-state index in [1.54, 1.807) is 6.92 Å². The standard InChI is InChI=1S/C23H21F2NO3/c1-3-9-29-23(28)22-15(2)26(14-16-10-18(24)12-19(25)11-16)21(27)13-20(22)17-7-5-4-6-8-17/h3-8,10-12,20H,1,9,13-14H2,2H3/t20-/m0/s1. The zero-order valence-electron chi connectivity index (χ0n) is 16.0. The van der Waals surface area contributed by atoms with Crippen molar-refractivity contribution in [3.63, 3.8) is 0 Å². The van der Waals surface area contributed by atoms with Gasteiger partial charge in [0.15, 0.2) is 0 Å². The van der Waals surface area contributed by atoms with Crippen LogP contribution in [0.3, 0.4) is 0 Å². The van der Waals surface area contributed by atoms with E-state index >= 15 is 0 Å². The Bertz CT molecular complexity index is 949. The molecule has 1 heterocycles. The van der Waals surface area contributed by atoms with Gasteiger partial charge in [0, 0.05) is 24.1 Å². The molecule has 0 aliphatic carbocycles. The van der Waals surface area contributed by atoms with Gasteiger partial charge in [-0.1, -0.05) is 43.0 Å². The second-order valence-electron chi connectivity index (χ2n) is 6.81.